The van der Waals surface area contributed by atoms with Gasteiger partial charge in [-0.3, -0.25) is 4.79 Å². The molecule has 2 rings (SSSR count). The molecule has 0 radical (unpaired) electrons. The summed E-state index contributed by atoms with van der Waals surface area (Å²) >= 11 is 1.60. The predicted octanol–water partition coefficient (Wildman–Crippen LogP) is 1.63. The Morgan fingerprint density at radius 3 is 2.94 bits per heavy atom. The highest BCUT2D eigenvalue weighted by Gasteiger charge is 2.09. The third-order valence-corrected chi connectivity index (χ3v) is 3.59. The van der Waals surface area contributed by atoms with Crippen LogP contribution in [0.4, 0.5) is 0 Å². The first kappa shape index (κ1) is 12.2. The maximum Gasteiger partial charge on any atom is 0.275 e. The van der Waals surface area contributed by atoms with Crippen LogP contribution in [0.2, 0.25) is 0 Å². The smallest absolute Gasteiger partial charge is 0.275 e. The Hall–Kier alpha value is -1.30. The maximum absolute atomic E-state index is 11.7. The molecule has 6 heteroatoms. The largest absolute Gasteiger partial charge is 0.317 e. The minimum absolute atomic E-state index is 0.120. The van der Waals surface area contributed by atoms with Crippen LogP contribution >= 0.6 is 11.8 Å². The topological polar surface area (TPSA) is 52.2 Å². The van der Waals surface area contributed by atoms with E-state index in [2.05, 4.69) is 17.0 Å². The summed E-state index contributed by atoms with van der Waals surface area (Å²) in [6.45, 7) is 4.04. The summed E-state index contributed by atoms with van der Waals surface area (Å²) in [5.74, 6) is 1.60. The Kier molecular flexibility index (Phi) is 3.51. The van der Waals surface area contributed by atoms with Crippen molar-refractivity contribution < 1.29 is 0 Å². The second-order valence-corrected chi connectivity index (χ2v) is 5.05. The number of aryl methyl sites for hydroxylation is 2. The lowest BCUT2D eigenvalue weighted by Gasteiger charge is -2.02. The van der Waals surface area contributed by atoms with Crippen LogP contribution in [0.15, 0.2) is 16.0 Å². The zero-order valence-corrected chi connectivity index (χ0v) is 11.1. The van der Waals surface area contributed by atoms with Gasteiger partial charge in [0.1, 0.15) is 0 Å². The molecule has 5 nitrogen and oxygen atoms in total. The zero-order valence-electron chi connectivity index (χ0n) is 10.3. The SMILES string of the molecule is CCCCSc1nc2n(C)c(C)cc(=O)n2n1. The second kappa shape index (κ2) is 4.91. The van der Waals surface area contributed by atoms with Gasteiger partial charge in [0.2, 0.25) is 10.9 Å². The summed E-state index contributed by atoms with van der Waals surface area (Å²) in [6, 6.07) is 1.57. The van der Waals surface area contributed by atoms with Crippen molar-refractivity contribution in [2.45, 2.75) is 31.8 Å². The van der Waals surface area contributed by atoms with Crippen molar-refractivity contribution in [1.82, 2.24) is 19.2 Å². The highest BCUT2D eigenvalue weighted by molar-refractivity contribution is 7.99. The molecule has 0 aliphatic heterocycles. The van der Waals surface area contributed by atoms with Gasteiger partial charge in [0.15, 0.2) is 0 Å². The van der Waals surface area contributed by atoms with E-state index in [0.29, 0.717) is 10.9 Å². The second-order valence-electron chi connectivity index (χ2n) is 3.99. The van der Waals surface area contributed by atoms with E-state index >= 15 is 0 Å². The number of unbranched alkanes of at least 4 members (excludes halogenated alkanes) is 1. The molecule has 2 aromatic rings. The van der Waals surface area contributed by atoms with Crippen LogP contribution in [0.1, 0.15) is 25.5 Å². The Morgan fingerprint density at radius 2 is 2.24 bits per heavy atom. The molecular formula is C11H16N4OS. The van der Waals surface area contributed by atoms with Crippen LogP contribution in [0.25, 0.3) is 5.78 Å². The molecule has 0 fully saturated rings. The Labute approximate surface area is 104 Å². The number of thioether (sulfide) groups is 1. The molecule has 0 bridgehead atoms. The third-order valence-electron chi connectivity index (χ3n) is 2.67. The van der Waals surface area contributed by atoms with Crippen molar-refractivity contribution in [1.29, 1.82) is 0 Å². The first-order valence-electron chi connectivity index (χ1n) is 5.69. The van der Waals surface area contributed by atoms with Gasteiger partial charge in [0, 0.05) is 24.6 Å². The van der Waals surface area contributed by atoms with E-state index in [1.165, 1.54) is 4.52 Å². The molecule has 92 valence electrons. The average molecular weight is 252 g/mol. The van der Waals surface area contributed by atoms with E-state index in [4.69, 9.17) is 0 Å². The number of hydrogen-bond donors (Lipinski definition) is 0. The maximum atomic E-state index is 11.7. The quantitative estimate of drug-likeness (QED) is 0.613. The lowest BCUT2D eigenvalue weighted by atomic mass is 10.4. The molecule has 0 unspecified atom stereocenters. The molecule has 0 aliphatic rings. The van der Waals surface area contributed by atoms with Gasteiger partial charge >= 0.3 is 0 Å². The first-order valence-corrected chi connectivity index (χ1v) is 6.68. The molecule has 17 heavy (non-hydrogen) atoms. The van der Waals surface area contributed by atoms with Crippen molar-refractivity contribution in [2.24, 2.45) is 7.05 Å². The molecule has 0 saturated carbocycles. The average Bonchev–Trinajstić information content (AvgIpc) is 2.71. The fourth-order valence-electron chi connectivity index (χ4n) is 1.51. The van der Waals surface area contributed by atoms with Crippen molar-refractivity contribution in [2.75, 3.05) is 5.75 Å². The third kappa shape index (κ3) is 2.36. The monoisotopic (exact) mass is 252 g/mol. The van der Waals surface area contributed by atoms with Crippen molar-refractivity contribution >= 4 is 17.5 Å². The van der Waals surface area contributed by atoms with E-state index in [1.807, 2.05) is 18.5 Å². The van der Waals surface area contributed by atoms with E-state index in [1.54, 1.807) is 17.8 Å². The van der Waals surface area contributed by atoms with Crippen LogP contribution in [0.3, 0.4) is 0 Å². The summed E-state index contributed by atoms with van der Waals surface area (Å²) in [5.41, 5.74) is 0.769. The van der Waals surface area contributed by atoms with Crippen LogP contribution in [0, 0.1) is 6.92 Å². The van der Waals surface area contributed by atoms with Crippen LogP contribution in [-0.2, 0) is 7.05 Å². The molecule has 0 atom stereocenters. The van der Waals surface area contributed by atoms with Crippen LogP contribution in [-0.4, -0.2) is 24.9 Å². The van der Waals surface area contributed by atoms with E-state index in [-0.39, 0.29) is 5.56 Å². The number of hydrogen-bond acceptors (Lipinski definition) is 4. The summed E-state index contributed by atoms with van der Waals surface area (Å²) in [7, 11) is 1.89. The number of aromatic nitrogens is 4. The molecule has 0 aliphatic carbocycles. The lowest BCUT2D eigenvalue weighted by molar-refractivity contribution is 0.783. The Balaban J connectivity index is 2.40. The Bertz CT molecular complexity index is 587. The minimum Gasteiger partial charge on any atom is -0.317 e. The first-order chi connectivity index (χ1) is 8.13. The highest BCUT2D eigenvalue weighted by Crippen LogP contribution is 2.15. The summed E-state index contributed by atoms with van der Waals surface area (Å²) in [5, 5.41) is 4.90. The molecule has 0 aromatic carbocycles. The predicted molar refractivity (Wildman–Crippen MR) is 68.6 cm³/mol. The zero-order chi connectivity index (χ0) is 12.4. The van der Waals surface area contributed by atoms with Gasteiger partial charge in [-0.15, -0.1) is 5.10 Å². The van der Waals surface area contributed by atoms with Gasteiger partial charge in [0.05, 0.1) is 0 Å². The van der Waals surface area contributed by atoms with Gasteiger partial charge < -0.3 is 4.57 Å². The van der Waals surface area contributed by atoms with Gasteiger partial charge in [-0.1, -0.05) is 25.1 Å². The molecule has 0 amide bonds. The number of fused-ring (bicyclic) bond motifs is 1. The van der Waals surface area contributed by atoms with E-state index in [0.717, 1.165) is 24.3 Å². The normalized spacial score (nSPS) is 11.2. The Morgan fingerprint density at radius 1 is 1.47 bits per heavy atom. The summed E-state index contributed by atoms with van der Waals surface area (Å²) in [4.78, 5) is 16.1. The van der Waals surface area contributed by atoms with E-state index < -0.39 is 0 Å². The lowest BCUT2D eigenvalue weighted by Crippen LogP contribution is -2.18. The van der Waals surface area contributed by atoms with Gasteiger partial charge in [0.25, 0.3) is 5.56 Å². The van der Waals surface area contributed by atoms with Crippen molar-refractivity contribution in [3.05, 3.63) is 22.1 Å². The highest BCUT2D eigenvalue weighted by atomic mass is 32.2. The molecule has 2 heterocycles. The molecule has 0 spiro atoms. The molecular weight excluding hydrogens is 236 g/mol. The van der Waals surface area contributed by atoms with Crippen LogP contribution < -0.4 is 5.56 Å². The van der Waals surface area contributed by atoms with Gasteiger partial charge in [-0.2, -0.15) is 9.50 Å². The standard InChI is InChI=1S/C11H16N4OS/c1-4-5-6-17-10-12-11-14(3)8(2)7-9(16)15(11)13-10/h7H,4-6H2,1-3H3. The fourth-order valence-corrected chi connectivity index (χ4v) is 2.41. The van der Waals surface area contributed by atoms with Gasteiger partial charge in [-0.05, 0) is 13.3 Å². The summed E-state index contributed by atoms with van der Waals surface area (Å²) < 4.78 is 3.24. The molecule has 2 aromatic heterocycles. The van der Waals surface area contributed by atoms with Crippen molar-refractivity contribution in [3.8, 4) is 0 Å². The number of rotatable bonds is 4. The van der Waals surface area contributed by atoms with E-state index in [9.17, 15) is 4.79 Å². The minimum atomic E-state index is -0.120. The molecule has 0 N–H and O–H groups in total. The van der Waals surface area contributed by atoms with Crippen molar-refractivity contribution in [3.63, 3.8) is 0 Å². The fraction of sp³-hybridized carbons (Fsp3) is 0.545. The van der Waals surface area contributed by atoms with Gasteiger partial charge in [-0.25, -0.2) is 0 Å². The number of nitrogens with zero attached hydrogens (tertiary/aromatic N) is 4. The summed E-state index contributed by atoms with van der Waals surface area (Å²) in [6.07, 6.45) is 2.29. The van der Waals surface area contributed by atoms with Crippen LogP contribution in [0.5, 0.6) is 0 Å². The molecule has 0 saturated heterocycles.